The van der Waals surface area contributed by atoms with E-state index in [1.54, 1.807) is 31.4 Å². The van der Waals surface area contributed by atoms with Gasteiger partial charge in [-0.25, -0.2) is 4.98 Å². The largest absolute Gasteiger partial charge is 0.497 e. The summed E-state index contributed by atoms with van der Waals surface area (Å²) >= 11 is 1.24. The van der Waals surface area contributed by atoms with Gasteiger partial charge in [-0.05, 0) is 30.7 Å². The lowest BCUT2D eigenvalue weighted by Gasteiger charge is -2.04. The lowest BCUT2D eigenvalue weighted by molar-refractivity contribution is 0.102. The summed E-state index contributed by atoms with van der Waals surface area (Å²) in [6.07, 6.45) is 1.68. The Labute approximate surface area is 133 Å². The molecule has 116 valence electrons. The van der Waals surface area contributed by atoms with Crippen molar-refractivity contribution >= 4 is 17.5 Å². The number of nitrogens with one attached hydrogen (secondary N) is 1. The fourth-order valence-corrected chi connectivity index (χ4v) is 2.72. The topological polar surface area (TPSA) is 72.0 Å². The normalized spacial score (nSPS) is 10.5. The van der Waals surface area contributed by atoms with Crippen molar-refractivity contribution in [2.45, 2.75) is 24.9 Å². The van der Waals surface area contributed by atoms with Crippen LogP contribution >= 0.6 is 11.8 Å². The number of carbonyl (C=O) groups excluding carboxylic acids is 1. The Kier molecular flexibility index (Phi) is 5.77. The summed E-state index contributed by atoms with van der Waals surface area (Å²) in [4.78, 5) is 30.7. The van der Waals surface area contributed by atoms with E-state index in [0.29, 0.717) is 16.5 Å². The van der Waals surface area contributed by atoms with Crippen LogP contribution in [-0.4, -0.2) is 28.6 Å². The molecule has 5 nitrogen and oxygen atoms in total. The van der Waals surface area contributed by atoms with Crippen LogP contribution in [0, 0.1) is 0 Å². The number of aromatic nitrogens is 2. The average Bonchev–Trinajstić information content (AvgIpc) is 2.52. The van der Waals surface area contributed by atoms with Crippen LogP contribution in [0.1, 0.15) is 29.4 Å². The third-order valence-corrected chi connectivity index (χ3v) is 3.90. The number of benzene rings is 1. The minimum Gasteiger partial charge on any atom is -0.497 e. The van der Waals surface area contributed by atoms with Crippen molar-refractivity contribution in [3.8, 4) is 5.75 Å². The van der Waals surface area contributed by atoms with Crippen LogP contribution in [0.4, 0.5) is 0 Å². The number of aryl methyl sites for hydroxylation is 1. The van der Waals surface area contributed by atoms with Crippen molar-refractivity contribution in [3.05, 3.63) is 51.9 Å². The maximum atomic E-state index is 12.1. The lowest BCUT2D eigenvalue weighted by atomic mass is 10.1. The van der Waals surface area contributed by atoms with E-state index in [2.05, 4.69) is 9.97 Å². The number of hydrogen-bond acceptors (Lipinski definition) is 5. The van der Waals surface area contributed by atoms with Crippen LogP contribution in [0.2, 0.25) is 0 Å². The van der Waals surface area contributed by atoms with Gasteiger partial charge in [0.15, 0.2) is 10.9 Å². The van der Waals surface area contributed by atoms with Crippen molar-refractivity contribution in [2.75, 3.05) is 12.9 Å². The number of ether oxygens (including phenoxy) is 1. The van der Waals surface area contributed by atoms with Gasteiger partial charge in [-0.3, -0.25) is 9.59 Å². The van der Waals surface area contributed by atoms with Crippen LogP contribution in [0.3, 0.4) is 0 Å². The van der Waals surface area contributed by atoms with Crippen molar-refractivity contribution in [1.29, 1.82) is 0 Å². The number of methoxy groups -OCH3 is 1. The molecule has 22 heavy (non-hydrogen) atoms. The molecule has 0 fully saturated rings. The molecule has 0 spiro atoms. The van der Waals surface area contributed by atoms with Gasteiger partial charge in [0.25, 0.3) is 5.56 Å². The molecule has 0 amide bonds. The molecule has 0 bridgehead atoms. The molecule has 1 aromatic heterocycles. The van der Waals surface area contributed by atoms with Crippen molar-refractivity contribution < 1.29 is 9.53 Å². The number of H-pyrrole nitrogens is 1. The van der Waals surface area contributed by atoms with Crippen molar-refractivity contribution in [2.24, 2.45) is 0 Å². The zero-order valence-corrected chi connectivity index (χ0v) is 13.4. The molecule has 0 aliphatic rings. The minimum atomic E-state index is -0.183. The molecule has 0 saturated carbocycles. The Morgan fingerprint density at radius 3 is 2.68 bits per heavy atom. The number of aromatic amines is 1. The standard InChI is InChI=1S/C16H18N2O3S/c1-3-4-12-9-15(20)18-16(17-12)22-10-14(19)11-5-7-13(21-2)8-6-11/h5-9H,3-4,10H2,1-2H3,(H,17,18,20). The predicted molar refractivity (Wildman–Crippen MR) is 86.9 cm³/mol. The first kappa shape index (κ1) is 16.3. The van der Waals surface area contributed by atoms with Crippen molar-refractivity contribution in [3.63, 3.8) is 0 Å². The van der Waals surface area contributed by atoms with E-state index in [9.17, 15) is 9.59 Å². The summed E-state index contributed by atoms with van der Waals surface area (Å²) in [6, 6.07) is 8.45. The Hall–Kier alpha value is -2.08. The summed E-state index contributed by atoms with van der Waals surface area (Å²) in [5.41, 5.74) is 1.18. The highest BCUT2D eigenvalue weighted by Crippen LogP contribution is 2.16. The van der Waals surface area contributed by atoms with Gasteiger partial charge < -0.3 is 9.72 Å². The molecule has 1 aromatic carbocycles. The summed E-state index contributed by atoms with van der Waals surface area (Å²) in [5.74, 6) is 0.920. The Morgan fingerprint density at radius 1 is 1.32 bits per heavy atom. The number of ketones is 1. The van der Waals surface area contributed by atoms with Gasteiger partial charge in [0.1, 0.15) is 5.75 Å². The van der Waals surface area contributed by atoms with Gasteiger partial charge in [-0.15, -0.1) is 0 Å². The van der Waals surface area contributed by atoms with Gasteiger partial charge in [-0.2, -0.15) is 0 Å². The summed E-state index contributed by atoms with van der Waals surface area (Å²) in [5, 5.41) is 0.484. The molecule has 0 saturated heterocycles. The third kappa shape index (κ3) is 4.46. The van der Waals surface area contributed by atoms with Gasteiger partial charge in [0.05, 0.1) is 12.9 Å². The number of Topliss-reactive ketones (excluding diaryl/α,β-unsaturated/α-hetero) is 1. The van der Waals surface area contributed by atoms with Gasteiger partial charge in [0.2, 0.25) is 0 Å². The molecular formula is C16H18N2O3S. The molecule has 0 unspecified atom stereocenters. The zero-order valence-electron chi connectivity index (χ0n) is 12.6. The van der Waals surface area contributed by atoms with Gasteiger partial charge in [-0.1, -0.05) is 25.1 Å². The predicted octanol–water partition coefficient (Wildman–Crippen LogP) is 2.71. The molecule has 1 heterocycles. The number of carbonyl (C=O) groups is 1. The van der Waals surface area contributed by atoms with E-state index in [1.807, 2.05) is 6.92 Å². The van der Waals surface area contributed by atoms with Crippen LogP contribution in [-0.2, 0) is 6.42 Å². The highest BCUT2D eigenvalue weighted by Gasteiger charge is 2.09. The SMILES string of the molecule is CCCc1cc(=O)[nH]c(SCC(=O)c2ccc(OC)cc2)n1. The van der Waals surface area contributed by atoms with E-state index < -0.39 is 0 Å². The molecule has 0 aliphatic carbocycles. The minimum absolute atomic E-state index is 0.0174. The maximum Gasteiger partial charge on any atom is 0.251 e. The second-order valence-corrected chi connectivity index (χ2v) is 5.70. The summed E-state index contributed by atoms with van der Waals surface area (Å²) in [6.45, 7) is 2.03. The molecule has 2 rings (SSSR count). The van der Waals surface area contributed by atoms with Crippen LogP contribution in [0.15, 0.2) is 40.3 Å². The number of rotatable bonds is 7. The van der Waals surface area contributed by atoms with Gasteiger partial charge >= 0.3 is 0 Å². The van der Waals surface area contributed by atoms with E-state index >= 15 is 0 Å². The van der Waals surface area contributed by atoms with Crippen LogP contribution in [0.5, 0.6) is 5.75 Å². The lowest BCUT2D eigenvalue weighted by Crippen LogP contribution is -2.11. The Balaban J connectivity index is 2.02. The Bertz CT molecular complexity index is 695. The molecule has 0 radical (unpaired) electrons. The number of nitrogens with zero attached hydrogens (tertiary/aromatic N) is 1. The van der Waals surface area contributed by atoms with E-state index in [0.717, 1.165) is 18.5 Å². The summed E-state index contributed by atoms with van der Waals surface area (Å²) < 4.78 is 5.06. The quantitative estimate of drug-likeness (QED) is 0.483. The second kappa shape index (κ2) is 7.79. The smallest absolute Gasteiger partial charge is 0.251 e. The molecule has 1 N–H and O–H groups in total. The highest BCUT2D eigenvalue weighted by molar-refractivity contribution is 7.99. The first-order chi connectivity index (χ1) is 10.6. The molecule has 2 aromatic rings. The Morgan fingerprint density at radius 2 is 2.05 bits per heavy atom. The first-order valence-electron chi connectivity index (χ1n) is 7.02. The molecule has 0 aliphatic heterocycles. The third-order valence-electron chi connectivity index (χ3n) is 3.03. The fraction of sp³-hybridized carbons (Fsp3) is 0.312. The second-order valence-electron chi connectivity index (χ2n) is 4.73. The van der Waals surface area contributed by atoms with Crippen LogP contribution < -0.4 is 10.3 Å². The molecule has 0 atom stereocenters. The molecule has 6 heteroatoms. The number of thioether (sulfide) groups is 1. The van der Waals surface area contributed by atoms with Gasteiger partial charge in [0, 0.05) is 17.3 Å². The molecular weight excluding hydrogens is 300 g/mol. The number of hydrogen-bond donors (Lipinski definition) is 1. The summed E-state index contributed by atoms with van der Waals surface area (Å²) in [7, 11) is 1.58. The van der Waals surface area contributed by atoms with E-state index in [4.69, 9.17) is 4.74 Å². The first-order valence-corrected chi connectivity index (χ1v) is 8.01. The maximum absolute atomic E-state index is 12.1. The zero-order chi connectivity index (χ0) is 15.9. The van der Waals surface area contributed by atoms with E-state index in [1.165, 1.54) is 17.8 Å². The van der Waals surface area contributed by atoms with Crippen molar-refractivity contribution in [1.82, 2.24) is 9.97 Å². The average molecular weight is 318 g/mol. The fourth-order valence-electron chi connectivity index (χ4n) is 1.93. The van der Waals surface area contributed by atoms with E-state index in [-0.39, 0.29) is 17.1 Å². The van der Waals surface area contributed by atoms with Crippen LogP contribution in [0.25, 0.3) is 0 Å². The highest BCUT2D eigenvalue weighted by atomic mass is 32.2. The monoisotopic (exact) mass is 318 g/mol.